The number of ether oxygens (including phenoxy) is 1. The third-order valence-electron chi connectivity index (χ3n) is 3.68. The first-order valence-corrected chi connectivity index (χ1v) is 7.08. The third kappa shape index (κ3) is 3.77. The van der Waals surface area contributed by atoms with Crippen molar-refractivity contribution in [2.75, 3.05) is 32.1 Å². The number of likely N-dealkylation sites (tertiary alicyclic amines) is 1. The summed E-state index contributed by atoms with van der Waals surface area (Å²) in [4.78, 5) is 2.52. The summed E-state index contributed by atoms with van der Waals surface area (Å²) in [6, 6.07) is 5.99. The number of methoxy groups -OCH3 is 1. The first kappa shape index (κ1) is 14.0. The Hall–Kier alpha value is -1.42. The van der Waals surface area contributed by atoms with E-state index in [9.17, 15) is 5.11 Å². The van der Waals surface area contributed by atoms with Gasteiger partial charge in [-0.05, 0) is 37.9 Å². The second kappa shape index (κ2) is 6.66. The van der Waals surface area contributed by atoms with Gasteiger partial charge in [0.2, 0.25) is 0 Å². The van der Waals surface area contributed by atoms with Crippen molar-refractivity contribution in [3.8, 4) is 11.5 Å². The number of anilines is 1. The van der Waals surface area contributed by atoms with Crippen LogP contribution in [0.15, 0.2) is 18.2 Å². The molecule has 0 aromatic heterocycles. The zero-order chi connectivity index (χ0) is 13.7. The van der Waals surface area contributed by atoms with Crippen LogP contribution in [-0.2, 0) is 0 Å². The van der Waals surface area contributed by atoms with E-state index in [1.807, 2.05) is 6.07 Å². The van der Waals surface area contributed by atoms with Crippen molar-refractivity contribution >= 4 is 5.69 Å². The number of rotatable bonds is 5. The maximum Gasteiger partial charge on any atom is 0.160 e. The van der Waals surface area contributed by atoms with Gasteiger partial charge in [-0.15, -0.1) is 0 Å². The molecule has 0 aliphatic carbocycles. The average molecular weight is 264 g/mol. The fourth-order valence-corrected chi connectivity index (χ4v) is 2.63. The van der Waals surface area contributed by atoms with Crippen LogP contribution in [0.5, 0.6) is 11.5 Å². The topological polar surface area (TPSA) is 44.7 Å². The normalized spacial score (nSPS) is 17.4. The van der Waals surface area contributed by atoms with Gasteiger partial charge in [0.25, 0.3) is 0 Å². The van der Waals surface area contributed by atoms with E-state index in [4.69, 9.17) is 4.74 Å². The Bertz CT molecular complexity index is 401. The first-order chi connectivity index (χ1) is 9.22. The molecule has 0 atom stereocenters. The van der Waals surface area contributed by atoms with E-state index in [0.29, 0.717) is 11.8 Å². The molecule has 1 aromatic rings. The van der Waals surface area contributed by atoms with E-state index in [0.717, 1.165) is 31.6 Å². The number of nitrogens with zero attached hydrogens (tertiary/aromatic N) is 1. The summed E-state index contributed by atoms with van der Waals surface area (Å²) in [6.45, 7) is 5.75. The predicted octanol–water partition coefficient (Wildman–Crippen LogP) is 2.69. The van der Waals surface area contributed by atoms with Crippen LogP contribution in [-0.4, -0.2) is 42.8 Å². The number of benzene rings is 1. The van der Waals surface area contributed by atoms with Crippen LogP contribution < -0.4 is 10.1 Å². The molecule has 1 aliphatic rings. The number of aromatic hydroxyl groups is 1. The van der Waals surface area contributed by atoms with Crippen molar-refractivity contribution in [2.24, 2.45) is 0 Å². The van der Waals surface area contributed by atoms with Crippen molar-refractivity contribution in [3.63, 3.8) is 0 Å². The summed E-state index contributed by atoms with van der Waals surface area (Å²) >= 11 is 0. The Labute approximate surface area is 115 Å². The Kier molecular flexibility index (Phi) is 4.91. The molecule has 4 heteroatoms. The molecular formula is C15H24N2O2. The van der Waals surface area contributed by atoms with Gasteiger partial charge in [-0.3, -0.25) is 0 Å². The van der Waals surface area contributed by atoms with Crippen LogP contribution in [0.3, 0.4) is 0 Å². The molecule has 0 radical (unpaired) electrons. The molecule has 1 aliphatic heterocycles. The fourth-order valence-electron chi connectivity index (χ4n) is 2.63. The third-order valence-corrected chi connectivity index (χ3v) is 3.68. The standard InChI is InChI=1S/C15H24N2O2/c1-3-8-17-9-6-12(7-10-17)16-13-4-5-15(19-2)14(18)11-13/h4-5,11-12,16,18H,3,6-10H2,1-2H3. The summed E-state index contributed by atoms with van der Waals surface area (Å²) in [5.41, 5.74) is 0.965. The molecule has 0 bridgehead atoms. The summed E-state index contributed by atoms with van der Waals surface area (Å²) in [5, 5.41) is 13.3. The number of hydrogen-bond donors (Lipinski definition) is 2. The molecular weight excluding hydrogens is 240 g/mol. The van der Waals surface area contributed by atoms with Gasteiger partial charge in [0.05, 0.1) is 7.11 Å². The Morgan fingerprint density at radius 2 is 2.11 bits per heavy atom. The van der Waals surface area contributed by atoms with E-state index in [2.05, 4.69) is 17.1 Å². The first-order valence-electron chi connectivity index (χ1n) is 7.08. The monoisotopic (exact) mass is 264 g/mol. The van der Waals surface area contributed by atoms with Gasteiger partial charge in [-0.2, -0.15) is 0 Å². The molecule has 0 saturated carbocycles. The lowest BCUT2D eigenvalue weighted by atomic mass is 10.0. The zero-order valence-electron chi connectivity index (χ0n) is 11.9. The van der Waals surface area contributed by atoms with Crippen LogP contribution in [0, 0.1) is 0 Å². The van der Waals surface area contributed by atoms with Gasteiger partial charge in [-0.1, -0.05) is 6.92 Å². The molecule has 106 valence electrons. The molecule has 0 amide bonds. The lowest BCUT2D eigenvalue weighted by molar-refractivity contribution is 0.219. The van der Waals surface area contributed by atoms with Gasteiger partial charge in [0.1, 0.15) is 0 Å². The summed E-state index contributed by atoms with van der Waals surface area (Å²) in [6.07, 6.45) is 3.55. The lowest BCUT2D eigenvalue weighted by Gasteiger charge is -2.32. The maximum absolute atomic E-state index is 9.76. The van der Waals surface area contributed by atoms with Crippen molar-refractivity contribution < 1.29 is 9.84 Å². The van der Waals surface area contributed by atoms with E-state index in [-0.39, 0.29) is 5.75 Å². The molecule has 19 heavy (non-hydrogen) atoms. The highest BCUT2D eigenvalue weighted by molar-refractivity contribution is 5.54. The van der Waals surface area contributed by atoms with Crippen molar-refractivity contribution in [1.82, 2.24) is 4.90 Å². The van der Waals surface area contributed by atoms with Gasteiger partial charge >= 0.3 is 0 Å². The maximum atomic E-state index is 9.76. The van der Waals surface area contributed by atoms with Gasteiger partial charge in [-0.25, -0.2) is 0 Å². The smallest absolute Gasteiger partial charge is 0.160 e. The van der Waals surface area contributed by atoms with Crippen LogP contribution in [0.1, 0.15) is 26.2 Å². The molecule has 1 heterocycles. The van der Waals surface area contributed by atoms with Gasteiger partial charge < -0.3 is 20.1 Å². The molecule has 2 N–H and O–H groups in total. The minimum atomic E-state index is 0.191. The Morgan fingerprint density at radius 3 is 2.68 bits per heavy atom. The van der Waals surface area contributed by atoms with Gasteiger partial charge in [0.15, 0.2) is 11.5 Å². The molecule has 0 spiro atoms. The molecule has 2 rings (SSSR count). The minimum absolute atomic E-state index is 0.191. The SMILES string of the molecule is CCCN1CCC(Nc2ccc(OC)c(O)c2)CC1. The Morgan fingerprint density at radius 1 is 1.37 bits per heavy atom. The molecule has 1 fully saturated rings. The predicted molar refractivity (Wildman–Crippen MR) is 78.0 cm³/mol. The number of phenols is 1. The van der Waals surface area contributed by atoms with E-state index < -0.39 is 0 Å². The fraction of sp³-hybridized carbons (Fsp3) is 0.600. The quantitative estimate of drug-likeness (QED) is 0.858. The second-order valence-corrected chi connectivity index (χ2v) is 5.15. The second-order valence-electron chi connectivity index (χ2n) is 5.15. The van der Waals surface area contributed by atoms with Crippen LogP contribution >= 0.6 is 0 Å². The van der Waals surface area contributed by atoms with Crippen LogP contribution in [0.25, 0.3) is 0 Å². The van der Waals surface area contributed by atoms with E-state index >= 15 is 0 Å². The summed E-state index contributed by atoms with van der Waals surface area (Å²) < 4.78 is 5.05. The van der Waals surface area contributed by atoms with Crippen LogP contribution in [0.2, 0.25) is 0 Å². The largest absolute Gasteiger partial charge is 0.504 e. The van der Waals surface area contributed by atoms with Crippen molar-refractivity contribution in [2.45, 2.75) is 32.2 Å². The highest BCUT2D eigenvalue weighted by atomic mass is 16.5. The van der Waals surface area contributed by atoms with Crippen molar-refractivity contribution in [1.29, 1.82) is 0 Å². The molecule has 1 saturated heterocycles. The zero-order valence-corrected chi connectivity index (χ0v) is 11.9. The molecule has 4 nitrogen and oxygen atoms in total. The highest BCUT2D eigenvalue weighted by Crippen LogP contribution is 2.29. The van der Waals surface area contributed by atoms with E-state index in [1.54, 1.807) is 19.2 Å². The molecule has 0 unspecified atom stereocenters. The minimum Gasteiger partial charge on any atom is -0.504 e. The van der Waals surface area contributed by atoms with E-state index in [1.165, 1.54) is 13.0 Å². The average Bonchev–Trinajstić information content (AvgIpc) is 2.42. The number of piperidine rings is 1. The van der Waals surface area contributed by atoms with Crippen LogP contribution in [0.4, 0.5) is 5.69 Å². The molecule has 1 aromatic carbocycles. The summed E-state index contributed by atoms with van der Waals surface area (Å²) in [7, 11) is 1.56. The number of hydrogen-bond acceptors (Lipinski definition) is 4. The number of phenolic OH excluding ortho intramolecular Hbond substituents is 1. The van der Waals surface area contributed by atoms with Crippen molar-refractivity contribution in [3.05, 3.63) is 18.2 Å². The lowest BCUT2D eigenvalue weighted by Crippen LogP contribution is -2.39. The van der Waals surface area contributed by atoms with Gasteiger partial charge in [0, 0.05) is 30.9 Å². The highest BCUT2D eigenvalue weighted by Gasteiger charge is 2.18. The number of nitrogens with one attached hydrogen (secondary N) is 1. The summed E-state index contributed by atoms with van der Waals surface area (Å²) in [5.74, 6) is 0.708. The Balaban J connectivity index is 1.87.